The van der Waals surface area contributed by atoms with Gasteiger partial charge in [0.25, 0.3) is 0 Å². The Kier molecular flexibility index (Phi) is 4.49. The van der Waals surface area contributed by atoms with Crippen LogP contribution < -0.4 is 5.73 Å². The molecule has 1 aromatic heterocycles. The van der Waals surface area contributed by atoms with E-state index in [9.17, 15) is 4.79 Å². The fourth-order valence-electron chi connectivity index (χ4n) is 1.42. The predicted octanol–water partition coefficient (Wildman–Crippen LogP) is 1.15. The molecule has 0 aliphatic heterocycles. The summed E-state index contributed by atoms with van der Waals surface area (Å²) in [4.78, 5) is 11.1. The summed E-state index contributed by atoms with van der Waals surface area (Å²) in [5.74, 6) is -0.388. The van der Waals surface area contributed by atoms with Gasteiger partial charge < -0.3 is 10.5 Å². The summed E-state index contributed by atoms with van der Waals surface area (Å²) in [6, 6.07) is -0.590. The van der Waals surface area contributed by atoms with Crippen molar-refractivity contribution in [3.8, 4) is 0 Å². The van der Waals surface area contributed by atoms with Crippen molar-refractivity contribution in [2.75, 3.05) is 7.11 Å². The van der Waals surface area contributed by atoms with Gasteiger partial charge >= 0.3 is 5.97 Å². The molecule has 0 saturated heterocycles. The van der Waals surface area contributed by atoms with E-state index in [2.05, 4.69) is 25.8 Å². The van der Waals surface area contributed by atoms with Crippen LogP contribution in [0.15, 0.2) is 4.47 Å². The van der Waals surface area contributed by atoms with Crippen molar-refractivity contribution in [2.45, 2.75) is 32.9 Å². The fraction of sp³-hybridized carbons (Fsp3) is 0.600. The van der Waals surface area contributed by atoms with E-state index in [4.69, 9.17) is 5.73 Å². The van der Waals surface area contributed by atoms with E-state index in [0.717, 1.165) is 15.9 Å². The highest BCUT2D eigenvalue weighted by atomic mass is 79.9. The van der Waals surface area contributed by atoms with Crippen LogP contribution in [0, 0.1) is 13.8 Å². The molecule has 1 heterocycles. The third kappa shape index (κ3) is 2.82. The molecular formula is C10H16BrN3O2. The van der Waals surface area contributed by atoms with Gasteiger partial charge in [-0.15, -0.1) is 0 Å². The number of ether oxygens (including phenoxy) is 1. The second-order valence-electron chi connectivity index (χ2n) is 3.63. The van der Waals surface area contributed by atoms with Crippen LogP contribution in [-0.2, 0) is 16.1 Å². The van der Waals surface area contributed by atoms with Crippen LogP contribution in [0.3, 0.4) is 0 Å². The van der Waals surface area contributed by atoms with Gasteiger partial charge in [0.1, 0.15) is 6.04 Å². The first-order valence-corrected chi connectivity index (χ1v) is 5.79. The molecule has 0 fully saturated rings. The average Bonchev–Trinajstić information content (AvgIpc) is 2.52. The molecule has 0 spiro atoms. The minimum atomic E-state index is -0.590. The maximum Gasteiger partial charge on any atom is 0.322 e. The molecule has 0 aromatic carbocycles. The van der Waals surface area contributed by atoms with E-state index in [-0.39, 0.29) is 5.97 Å². The molecule has 16 heavy (non-hydrogen) atoms. The lowest BCUT2D eigenvalue weighted by atomic mass is 10.2. The topological polar surface area (TPSA) is 70.1 Å². The lowest BCUT2D eigenvalue weighted by Crippen LogP contribution is -2.32. The quantitative estimate of drug-likeness (QED) is 0.845. The van der Waals surface area contributed by atoms with E-state index in [1.54, 1.807) is 0 Å². The average molecular weight is 290 g/mol. The second-order valence-corrected chi connectivity index (χ2v) is 4.42. The Morgan fingerprint density at radius 1 is 1.62 bits per heavy atom. The fourth-order valence-corrected chi connectivity index (χ4v) is 1.71. The number of carbonyl (C=O) groups excluding carboxylic acids is 1. The highest BCUT2D eigenvalue weighted by Gasteiger charge is 2.15. The van der Waals surface area contributed by atoms with Crippen molar-refractivity contribution in [2.24, 2.45) is 5.73 Å². The number of esters is 1. The molecule has 1 unspecified atom stereocenters. The minimum Gasteiger partial charge on any atom is -0.468 e. The lowest BCUT2D eigenvalue weighted by molar-refractivity contribution is -0.142. The van der Waals surface area contributed by atoms with Crippen LogP contribution >= 0.6 is 15.9 Å². The van der Waals surface area contributed by atoms with E-state index in [1.807, 2.05) is 18.5 Å². The van der Waals surface area contributed by atoms with Crippen LogP contribution in [0.5, 0.6) is 0 Å². The number of hydrogen-bond acceptors (Lipinski definition) is 4. The van der Waals surface area contributed by atoms with Gasteiger partial charge in [0.15, 0.2) is 0 Å². The Bertz CT molecular complexity index is 390. The molecule has 0 bridgehead atoms. The monoisotopic (exact) mass is 289 g/mol. The van der Waals surface area contributed by atoms with Crippen molar-refractivity contribution in [1.29, 1.82) is 0 Å². The molecule has 0 aliphatic carbocycles. The zero-order valence-electron chi connectivity index (χ0n) is 9.66. The Balaban J connectivity index is 2.61. The van der Waals surface area contributed by atoms with Crippen LogP contribution in [0.1, 0.15) is 17.8 Å². The number of rotatable bonds is 4. The zero-order chi connectivity index (χ0) is 12.3. The van der Waals surface area contributed by atoms with E-state index < -0.39 is 6.04 Å². The molecule has 1 aromatic rings. The van der Waals surface area contributed by atoms with Crippen molar-refractivity contribution in [3.63, 3.8) is 0 Å². The van der Waals surface area contributed by atoms with Crippen molar-refractivity contribution in [1.82, 2.24) is 9.78 Å². The van der Waals surface area contributed by atoms with Crippen LogP contribution in [-0.4, -0.2) is 28.9 Å². The molecule has 1 rings (SSSR count). The molecule has 0 aliphatic rings. The first-order valence-electron chi connectivity index (χ1n) is 5.00. The van der Waals surface area contributed by atoms with Crippen molar-refractivity contribution in [3.05, 3.63) is 15.9 Å². The predicted molar refractivity (Wildman–Crippen MR) is 64.0 cm³/mol. The molecule has 6 heteroatoms. The van der Waals surface area contributed by atoms with Crippen LogP contribution in [0.4, 0.5) is 0 Å². The van der Waals surface area contributed by atoms with Gasteiger partial charge in [-0.2, -0.15) is 5.10 Å². The first-order chi connectivity index (χ1) is 7.47. The van der Waals surface area contributed by atoms with E-state index >= 15 is 0 Å². The molecule has 90 valence electrons. The summed E-state index contributed by atoms with van der Waals surface area (Å²) in [7, 11) is 1.34. The minimum absolute atomic E-state index is 0.388. The number of aryl methyl sites for hydroxylation is 2. The summed E-state index contributed by atoms with van der Waals surface area (Å²) in [6.07, 6.45) is 0.515. The molecule has 0 amide bonds. The summed E-state index contributed by atoms with van der Waals surface area (Å²) >= 11 is 3.44. The smallest absolute Gasteiger partial charge is 0.322 e. The molecule has 2 N–H and O–H groups in total. The van der Waals surface area contributed by atoms with Gasteiger partial charge in [0.2, 0.25) is 0 Å². The number of carbonyl (C=O) groups is 1. The molecular weight excluding hydrogens is 274 g/mol. The van der Waals surface area contributed by atoms with Crippen molar-refractivity contribution < 1.29 is 9.53 Å². The molecule has 0 radical (unpaired) electrons. The van der Waals surface area contributed by atoms with Gasteiger partial charge in [0, 0.05) is 12.2 Å². The number of nitrogens with zero attached hydrogens (tertiary/aromatic N) is 2. The van der Waals surface area contributed by atoms with Crippen LogP contribution in [0.2, 0.25) is 0 Å². The van der Waals surface area contributed by atoms with E-state index in [1.165, 1.54) is 7.11 Å². The van der Waals surface area contributed by atoms with Gasteiger partial charge in [-0.3, -0.25) is 9.48 Å². The maximum atomic E-state index is 11.1. The summed E-state index contributed by atoms with van der Waals surface area (Å²) in [5.41, 5.74) is 7.61. The maximum absolute atomic E-state index is 11.1. The molecule has 1 atom stereocenters. The van der Waals surface area contributed by atoms with Gasteiger partial charge in [-0.1, -0.05) is 0 Å². The number of aromatic nitrogens is 2. The third-order valence-corrected chi connectivity index (χ3v) is 3.60. The summed E-state index contributed by atoms with van der Waals surface area (Å²) < 4.78 is 7.39. The SMILES string of the molecule is COC(=O)C(N)CCn1nc(C)c(Br)c1C. The normalized spacial score (nSPS) is 12.6. The Morgan fingerprint density at radius 3 is 2.69 bits per heavy atom. The van der Waals surface area contributed by atoms with Gasteiger partial charge in [-0.25, -0.2) is 0 Å². The first kappa shape index (κ1) is 13.2. The van der Waals surface area contributed by atoms with Crippen LogP contribution in [0.25, 0.3) is 0 Å². The largest absolute Gasteiger partial charge is 0.468 e. The molecule has 0 saturated carbocycles. The summed E-state index contributed by atoms with van der Waals surface area (Å²) in [5, 5.41) is 4.33. The highest BCUT2D eigenvalue weighted by molar-refractivity contribution is 9.10. The number of nitrogens with two attached hydrogens (primary N) is 1. The summed E-state index contributed by atoms with van der Waals surface area (Å²) in [6.45, 7) is 4.50. The Morgan fingerprint density at radius 2 is 2.25 bits per heavy atom. The Labute approximate surface area is 103 Å². The lowest BCUT2D eigenvalue weighted by Gasteiger charge is -2.09. The number of methoxy groups -OCH3 is 1. The molecule has 5 nitrogen and oxygen atoms in total. The standard InChI is InChI=1S/C10H16BrN3O2/c1-6-9(11)7(2)14(13-6)5-4-8(12)10(15)16-3/h8H,4-5,12H2,1-3H3. The highest BCUT2D eigenvalue weighted by Crippen LogP contribution is 2.19. The number of halogens is 1. The second kappa shape index (κ2) is 5.45. The van der Waals surface area contributed by atoms with Crippen molar-refractivity contribution >= 4 is 21.9 Å². The zero-order valence-corrected chi connectivity index (χ0v) is 11.2. The third-order valence-electron chi connectivity index (χ3n) is 2.45. The van der Waals surface area contributed by atoms with E-state index in [0.29, 0.717) is 13.0 Å². The number of hydrogen-bond donors (Lipinski definition) is 1. The Hall–Kier alpha value is -0.880. The van der Waals surface area contributed by atoms with Gasteiger partial charge in [-0.05, 0) is 36.2 Å². The van der Waals surface area contributed by atoms with Gasteiger partial charge in [0.05, 0.1) is 17.3 Å².